The second kappa shape index (κ2) is 2.10. The Labute approximate surface area is 51.8 Å². The molecule has 1 fully saturated rings. The van der Waals surface area contributed by atoms with Crippen molar-refractivity contribution in [1.29, 1.82) is 0 Å². The molecule has 1 saturated heterocycles. The Morgan fingerprint density at radius 1 is 1.78 bits per heavy atom. The van der Waals surface area contributed by atoms with E-state index in [1.807, 2.05) is 0 Å². The van der Waals surface area contributed by atoms with Gasteiger partial charge in [0.25, 0.3) is 0 Å². The van der Waals surface area contributed by atoms with Crippen molar-refractivity contribution < 1.29 is 4.79 Å². The molecule has 0 radical (unpaired) electrons. The minimum absolute atomic E-state index is 0.213. The van der Waals surface area contributed by atoms with Gasteiger partial charge in [0.1, 0.15) is 0 Å². The Morgan fingerprint density at radius 3 is 2.67 bits per heavy atom. The van der Waals surface area contributed by atoms with Crippen LogP contribution < -0.4 is 5.73 Å². The first-order valence-corrected chi connectivity index (χ1v) is 2.63. The summed E-state index contributed by atoms with van der Waals surface area (Å²) in [6.07, 6.45) is 0.242. The number of carbonyl (C=O) groups is 1. The molecule has 0 aromatic rings. The molecule has 50 valence electrons. The molecule has 0 unspecified atom stereocenters. The highest BCUT2D eigenvalue weighted by molar-refractivity contribution is 5.78. The van der Waals surface area contributed by atoms with Gasteiger partial charge in [0, 0.05) is 12.5 Å². The van der Waals surface area contributed by atoms with E-state index >= 15 is 0 Å². The summed E-state index contributed by atoms with van der Waals surface area (Å²) in [5.74, 6) is -0.280. The minimum Gasteiger partial charge on any atom is -0.326 e. The van der Waals surface area contributed by atoms with Crippen LogP contribution in [-0.4, -0.2) is 23.5 Å². The molecule has 0 spiro atoms. The van der Waals surface area contributed by atoms with Crippen molar-refractivity contribution in [3.05, 3.63) is 4.91 Å². The molecule has 0 aliphatic carbocycles. The van der Waals surface area contributed by atoms with E-state index in [4.69, 9.17) is 5.73 Å². The number of hydrogen-bond donors (Lipinski definition) is 1. The minimum atomic E-state index is -0.280. The molecular weight excluding hydrogens is 122 g/mol. The Bertz CT molecular complexity index is 147. The Hall–Kier alpha value is -0.970. The van der Waals surface area contributed by atoms with Gasteiger partial charge in [-0.15, -0.1) is 4.91 Å². The summed E-state index contributed by atoms with van der Waals surface area (Å²) in [6.45, 7) is 0.266. The molecule has 0 saturated carbocycles. The van der Waals surface area contributed by atoms with Gasteiger partial charge in [0.15, 0.2) is 0 Å². The Morgan fingerprint density at radius 2 is 2.44 bits per heavy atom. The first-order valence-electron chi connectivity index (χ1n) is 2.63. The highest BCUT2D eigenvalue weighted by atomic mass is 16.3. The highest BCUT2D eigenvalue weighted by Gasteiger charge is 2.27. The fourth-order valence-corrected chi connectivity index (χ4v) is 0.797. The van der Waals surface area contributed by atoms with Gasteiger partial charge in [0.2, 0.25) is 5.91 Å². The van der Waals surface area contributed by atoms with Gasteiger partial charge >= 0.3 is 0 Å². The third kappa shape index (κ3) is 1.05. The van der Waals surface area contributed by atoms with E-state index in [-0.39, 0.29) is 24.9 Å². The average Bonchev–Trinajstić information content (AvgIpc) is 2.10. The molecule has 1 aliphatic rings. The quantitative estimate of drug-likeness (QED) is 0.472. The molecule has 1 amide bonds. The Kier molecular flexibility index (Phi) is 1.44. The number of nitrogens with two attached hydrogens (primary N) is 1. The molecule has 5 heteroatoms. The van der Waals surface area contributed by atoms with Crippen molar-refractivity contribution in [3.63, 3.8) is 0 Å². The van der Waals surface area contributed by atoms with E-state index in [1.54, 1.807) is 0 Å². The van der Waals surface area contributed by atoms with Crippen molar-refractivity contribution in [2.24, 2.45) is 11.0 Å². The van der Waals surface area contributed by atoms with Crippen molar-refractivity contribution in [3.8, 4) is 0 Å². The van der Waals surface area contributed by atoms with Crippen LogP contribution in [0.15, 0.2) is 5.29 Å². The van der Waals surface area contributed by atoms with Crippen LogP contribution in [0.2, 0.25) is 0 Å². The van der Waals surface area contributed by atoms with Crippen LogP contribution in [0.4, 0.5) is 0 Å². The molecule has 0 aromatic carbocycles. The van der Waals surface area contributed by atoms with Gasteiger partial charge in [-0.3, -0.25) is 4.79 Å². The molecule has 1 heterocycles. The standard InChI is InChI=1S/C4H7N3O2/c5-3-1-4(8)7(2-3)6-9/h3H,1-2,5H2/t3-/m0/s1. The monoisotopic (exact) mass is 129 g/mol. The van der Waals surface area contributed by atoms with Gasteiger partial charge in [-0.2, -0.15) is 5.01 Å². The zero-order valence-corrected chi connectivity index (χ0v) is 4.78. The van der Waals surface area contributed by atoms with Crippen LogP contribution in [0.3, 0.4) is 0 Å². The van der Waals surface area contributed by atoms with Gasteiger partial charge in [-0.25, -0.2) is 0 Å². The fourth-order valence-electron chi connectivity index (χ4n) is 0.797. The first-order chi connectivity index (χ1) is 4.24. The largest absolute Gasteiger partial charge is 0.326 e. The van der Waals surface area contributed by atoms with Crippen molar-refractivity contribution in [1.82, 2.24) is 5.01 Å². The van der Waals surface area contributed by atoms with E-state index in [9.17, 15) is 9.70 Å². The smallest absolute Gasteiger partial charge is 0.246 e. The topological polar surface area (TPSA) is 75.8 Å². The lowest BCUT2D eigenvalue weighted by atomic mass is 10.3. The molecule has 0 bridgehead atoms. The second-order valence-corrected chi connectivity index (χ2v) is 2.02. The Balaban J connectivity index is 2.57. The summed E-state index contributed by atoms with van der Waals surface area (Å²) in [5, 5.41) is 3.32. The summed E-state index contributed by atoms with van der Waals surface area (Å²) < 4.78 is 0. The zero-order chi connectivity index (χ0) is 6.85. The molecule has 1 atom stereocenters. The van der Waals surface area contributed by atoms with Crippen LogP contribution in [0.5, 0.6) is 0 Å². The van der Waals surface area contributed by atoms with Crippen LogP contribution in [0, 0.1) is 4.91 Å². The van der Waals surface area contributed by atoms with Gasteiger partial charge in [0.05, 0.1) is 11.8 Å². The highest BCUT2D eigenvalue weighted by Crippen LogP contribution is 2.07. The van der Waals surface area contributed by atoms with Crippen LogP contribution in [0.1, 0.15) is 6.42 Å². The van der Waals surface area contributed by atoms with Crippen molar-refractivity contribution in [2.45, 2.75) is 12.5 Å². The number of rotatable bonds is 1. The molecular formula is C4H7N3O2. The molecule has 0 aromatic heterocycles. The zero-order valence-electron chi connectivity index (χ0n) is 4.78. The second-order valence-electron chi connectivity index (χ2n) is 2.02. The molecule has 1 aliphatic heterocycles. The lowest BCUT2D eigenvalue weighted by molar-refractivity contribution is -0.127. The molecule has 5 nitrogen and oxygen atoms in total. The lowest BCUT2D eigenvalue weighted by Crippen LogP contribution is -2.23. The summed E-state index contributed by atoms with van der Waals surface area (Å²) >= 11 is 0. The van der Waals surface area contributed by atoms with Crippen LogP contribution >= 0.6 is 0 Å². The summed E-state index contributed by atoms with van der Waals surface area (Å²) in [7, 11) is 0. The summed E-state index contributed by atoms with van der Waals surface area (Å²) in [5.41, 5.74) is 5.33. The summed E-state index contributed by atoms with van der Waals surface area (Å²) in [6, 6.07) is -0.213. The predicted molar refractivity (Wildman–Crippen MR) is 30.1 cm³/mol. The van der Waals surface area contributed by atoms with Crippen LogP contribution in [0.25, 0.3) is 0 Å². The third-order valence-corrected chi connectivity index (χ3v) is 1.23. The van der Waals surface area contributed by atoms with Gasteiger partial charge in [-0.1, -0.05) is 0 Å². The van der Waals surface area contributed by atoms with Crippen molar-refractivity contribution >= 4 is 5.91 Å². The lowest BCUT2D eigenvalue weighted by Gasteiger charge is -2.00. The number of nitroso groups, excluding NO2 is 1. The maximum absolute atomic E-state index is 10.6. The van der Waals surface area contributed by atoms with E-state index in [0.717, 1.165) is 5.01 Å². The SMILES string of the molecule is N[C@H]1CC(=O)N(N=O)C1. The summed E-state index contributed by atoms with van der Waals surface area (Å²) in [4.78, 5) is 20.3. The average molecular weight is 129 g/mol. The molecule has 1 rings (SSSR count). The third-order valence-electron chi connectivity index (χ3n) is 1.23. The van der Waals surface area contributed by atoms with E-state index in [1.165, 1.54) is 0 Å². The molecule has 9 heavy (non-hydrogen) atoms. The number of carbonyl (C=O) groups excluding carboxylic acids is 1. The number of nitrogens with zero attached hydrogens (tertiary/aromatic N) is 2. The van der Waals surface area contributed by atoms with E-state index in [2.05, 4.69) is 5.29 Å². The number of amides is 1. The maximum Gasteiger partial charge on any atom is 0.246 e. The first kappa shape index (κ1) is 6.15. The predicted octanol–water partition coefficient (Wildman–Crippen LogP) is -0.773. The van der Waals surface area contributed by atoms with Gasteiger partial charge in [-0.05, 0) is 0 Å². The van der Waals surface area contributed by atoms with Crippen LogP contribution in [-0.2, 0) is 4.79 Å². The fraction of sp³-hybridized carbons (Fsp3) is 0.750. The van der Waals surface area contributed by atoms with E-state index in [0.29, 0.717) is 0 Å². The normalized spacial score (nSPS) is 27.0. The number of hydrogen-bond acceptors (Lipinski definition) is 4. The van der Waals surface area contributed by atoms with E-state index < -0.39 is 0 Å². The van der Waals surface area contributed by atoms with Gasteiger partial charge < -0.3 is 5.73 Å². The molecule has 2 N–H and O–H groups in total. The van der Waals surface area contributed by atoms with Crippen molar-refractivity contribution in [2.75, 3.05) is 6.54 Å². The maximum atomic E-state index is 10.6.